The molecule has 1 rings (SSSR count). The van der Waals surface area contributed by atoms with E-state index in [1.807, 2.05) is 6.92 Å². The lowest BCUT2D eigenvalue weighted by atomic mass is 10.2. The summed E-state index contributed by atoms with van der Waals surface area (Å²) < 4.78 is 39.9. The summed E-state index contributed by atoms with van der Waals surface area (Å²) in [6.07, 6.45) is -3.44. The number of alkyl halides is 3. The van der Waals surface area contributed by atoms with E-state index in [1.165, 1.54) is 0 Å². The number of nitrogens with zero attached hydrogens (tertiary/aromatic N) is 1. The Morgan fingerprint density at radius 3 is 2.72 bits per heavy atom. The molecule has 0 aromatic carbocycles. The van der Waals surface area contributed by atoms with Gasteiger partial charge >= 0.3 is 6.18 Å². The summed E-state index contributed by atoms with van der Waals surface area (Å²) in [6.45, 7) is 2.59. The minimum absolute atomic E-state index is 0.000417. The number of halogens is 3. The Balaban J connectivity index is 2.25. The minimum Gasteiger partial charge on any atom is -0.372 e. The van der Waals surface area contributed by atoms with E-state index in [9.17, 15) is 18.0 Å². The van der Waals surface area contributed by atoms with Crippen molar-refractivity contribution in [2.75, 3.05) is 32.8 Å². The predicted octanol–water partition coefficient (Wildman–Crippen LogP) is 1.17. The van der Waals surface area contributed by atoms with Gasteiger partial charge in [-0.3, -0.25) is 4.79 Å². The summed E-state index contributed by atoms with van der Waals surface area (Å²) in [5.74, 6) is -0.145. The minimum atomic E-state index is -4.33. The fraction of sp³-hybridized carbons (Fsp3) is 0.909. The molecule has 0 spiro atoms. The molecular formula is C11H19F3N2O2. The molecule has 1 N–H and O–H groups in total. The number of carbonyl (C=O) groups excluding carboxylic acids is 1. The monoisotopic (exact) mass is 268 g/mol. The normalized spacial score (nSPS) is 20.1. The van der Waals surface area contributed by atoms with Gasteiger partial charge in [-0.2, -0.15) is 13.2 Å². The van der Waals surface area contributed by atoms with Crippen molar-refractivity contribution in [2.24, 2.45) is 0 Å². The fourth-order valence-corrected chi connectivity index (χ4v) is 2.03. The standard InChI is InChI=1S/C11H19F3N2O2/c1-2-16(9-3-5-15-7-9)10(17)4-6-18-8-11(12,13)14/h9,15H,2-8H2,1H3. The van der Waals surface area contributed by atoms with E-state index in [1.54, 1.807) is 4.90 Å². The zero-order chi connectivity index (χ0) is 13.6. The highest BCUT2D eigenvalue weighted by Crippen LogP contribution is 2.15. The van der Waals surface area contributed by atoms with E-state index in [2.05, 4.69) is 10.1 Å². The van der Waals surface area contributed by atoms with Crippen molar-refractivity contribution in [2.45, 2.75) is 32.0 Å². The van der Waals surface area contributed by atoms with E-state index in [0.29, 0.717) is 6.54 Å². The fourth-order valence-electron chi connectivity index (χ4n) is 2.03. The number of ether oxygens (including phenoxy) is 1. The van der Waals surface area contributed by atoms with Crippen LogP contribution in [0.1, 0.15) is 19.8 Å². The van der Waals surface area contributed by atoms with Crippen molar-refractivity contribution in [3.05, 3.63) is 0 Å². The number of rotatable bonds is 6. The third kappa shape index (κ3) is 5.22. The summed E-state index contributed by atoms with van der Waals surface area (Å²) in [7, 11) is 0. The highest BCUT2D eigenvalue weighted by Gasteiger charge is 2.28. The Bertz CT molecular complexity index is 266. The molecule has 0 aromatic rings. The number of nitrogens with one attached hydrogen (secondary N) is 1. The summed E-state index contributed by atoms with van der Waals surface area (Å²) in [4.78, 5) is 13.5. The molecule has 1 saturated heterocycles. The van der Waals surface area contributed by atoms with Gasteiger partial charge in [0.1, 0.15) is 6.61 Å². The van der Waals surface area contributed by atoms with Gasteiger partial charge in [-0.15, -0.1) is 0 Å². The average molecular weight is 268 g/mol. The molecule has 1 aliphatic heterocycles. The summed E-state index contributed by atoms with van der Waals surface area (Å²) in [5, 5.41) is 3.16. The Morgan fingerprint density at radius 2 is 2.22 bits per heavy atom. The average Bonchev–Trinajstić information content (AvgIpc) is 2.78. The largest absolute Gasteiger partial charge is 0.411 e. The summed E-state index contributed by atoms with van der Waals surface area (Å²) in [5.41, 5.74) is 0. The van der Waals surface area contributed by atoms with Crippen molar-refractivity contribution < 1.29 is 22.7 Å². The zero-order valence-corrected chi connectivity index (χ0v) is 10.4. The highest BCUT2D eigenvalue weighted by atomic mass is 19.4. The van der Waals surface area contributed by atoms with Gasteiger partial charge in [0.15, 0.2) is 0 Å². The number of carbonyl (C=O) groups is 1. The second-order valence-electron chi connectivity index (χ2n) is 4.24. The molecule has 18 heavy (non-hydrogen) atoms. The quantitative estimate of drug-likeness (QED) is 0.735. The molecule has 0 radical (unpaired) electrons. The molecule has 1 amide bonds. The lowest BCUT2D eigenvalue weighted by Gasteiger charge is -2.27. The van der Waals surface area contributed by atoms with Crippen molar-refractivity contribution >= 4 is 5.91 Å². The first kappa shape index (κ1) is 15.2. The number of hydrogen-bond acceptors (Lipinski definition) is 3. The maximum absolute atomic E-state index is 11.8. The molecule has 7 heteroatoms. The van der Waals surface area contributed by atoms with Crippen LogP contribution in [0.15, 0.2) is 0 Å². The molecule has 4 nitrogen and oxygen atoms in total. The lowest BCUT2D eigenvalue weighted by molar-refractivity contribution is -0.175. The van der Waals surface area contributed by atoms with Crippen molar-refractivity contribution in [1.29, 1.82) is 0 Å². The second kappa shape index (κ2) is 6.94. The Hall–Kier alpha value is -0.820. The van der Waals surface area contributed by atoms with E-state index >= 15 is 0 Å². The van der Waals surface area contributed by atoms with Gasteiger partial charge in [0.25, 0.3) is 0 Å². The van der Waals surface area contributed by atoms with Crippen LogP contribution in [0, 0.1) is 0 Å². The van der Waals surface area contributed by atoms with Crippen LogP contribution < -0.4 is 5.32 Å². The van der Waals surface area contributed by atoms with Crippen LogP contribution in [0.3, 0.4) is 0 Å². The second-order valence-corrected chi connectivity index (χ2v) is 4.24. The third-order valence-corrected chi connectivity index (χ3v) is 2.86. The van der Waals surface area contributed by atoms with Crippen LogP contribution in [-0.4, -0.2) is 55.9 Å². The number of likely N-dealkylation sites (N-methyl/N-ethyl adjacent to an activating group) is 1. The molecule has 0 saturated carbocycles. The highest BCUT2D eigenvalue weighted by molar-refractivity contribution is 5.76. The maximum atomic E-state index is 11.8. The van der Waals surface area contributed by atoms with Gasteiger partial charge in [-0.1, -0.05) is 0 Å². The van der Waals surface area contributed by atoms with Crippen LogP contribution in [0.2, 0.25) is 0 Å². The molecule has 1 unspecified atom stereocenters. The van der Waals surface area contributed by atoms with E-state index < -0.39 is 12.8 Å². The molecule has 1 aliphatic rings. The Kier molecular flexibility index (Phi) is 5.87. The smallest absolute Gasteiger partial charge is 0.372 e. The first-order chi connectivity index (χ1) is 8.44. The first-order valence-electron chi connectivity index (χ1n) is 6.08. The van der Waals surface area contributed by atoms with Gasteiger partial charge in [-0.25, -0.2) is 0 Å². The van der Waals surface area contributed by atoms with Crippen molar-refractivity contribution in [3.63, 3.8) is 0 Å². The van der Waals surface area contributed by atoms with Crippen molar-refractivity contribution in [3.8, 4) is 0 Å². The van der Waals surface area contributed by atoms with Crippen LogP contribution >= 0.6 is 0 Å². The maximum Gasteiger partial charge on any atom is 0.411 e. The molecule has 0 aromatic heterocycles. The molecule has 0 bridgehead atoms. The molecule has 1 atom stereocenters. The third-order valence-electron chi connectivity index (χ3n) is 2.86. The molecule has 1 fully saturated rings. The summed E-state index contributed by atoms with van der Waals surface area (Å²) >= 11 is 0. The van der Waals surface area contributed by atoms with E-state index in [0.717, 1.165) is 19.5 Å². The summed E-state index contributed by atoms with van der Waals surface area (Å²) in [6, 6.07) is 0.158. The van der Waals surface area contributed by atoms with Gasteiger partial charge in [0, 0.05) is 19.1 Å². The molecule has 106 valence electrons. The van der Waals surface area contributed by atoms with Crippen molar-refractivity contribution in [1.82, 2.24) is 10.2 Å². The SMILES string of the molecule is CCN(C(=O)CCOCC(F)(F)F)C1CCNC1. The van der Waals surface area contributed by atoms with Crippen LogP contribution in [-0.2, 0) is 9.53 Å². The number of hydrogen-bond donors (Lipinski definition) is 1. The van der Waals surface area contributed by atoms with E-state index in [-0.39, 0.29) is 25.0 Å². The van der Waals surface area contributed by atoms with Gasteiger partial charge in [0.2, 0.25) is 5.91 Å². The first-order valence-corrected chi connectivity index (χ1v) is 6.08. The predicted molar refractivity (Wildman–Crippen MR) is 60.2 cm³/mol. The van der Waals surface area contributed by atoms with Gasteiger partial charge < -0.3 is 15.0 Å². The molecule has 1 heterocycles. The van der Waals surface area contributed by atoms with Gasteiger partial charge in [0.05, 0.1) is 13.0 Å². The Morgan fingerprint density at radius 1 is 1.50 bits per heavy atom. The van der Waals surface area contributed by atoms with Crippen LogP contribution in [0.4, 0.5) is 13.2 Å². The Labute approximate surface area is 104 Å². The van der Waals surface area contributed by atoms with Crippen LogP contribution in [0.25, 0.3) is 0 Å². The van der Waals surface area contributed by atoms with E-state index in [4.69, 9.17) is 0 Å². The topological polar surface area (TPSA) is 41.6 Å². The number of amides is 1. The van der Waals surface area contributed by atoms with Gasteiger partial charge in [-0.05, 0) is 19.9 Å². The van der Waals surface area contributed by atoms with Crippen LogP contribution in [0.5, 0.6) is 0 Å². The molecule has 0 aliphatic carbocycles. The zero-order valence-electron chi connectivity index (χ0n) is 10.4. The molecular weight excluding hydrogens is 249 g/mol. The lowest BCUT2D eigenvalue weighted by Crippen LogP contribution is -2.41.